The van der Waals surface area contributed by atoms with Gasteiger partial charge in [-0.05, 0) is 50.2 Å². The van der Waals surface area contributed by atoms with Gasteiger partial charge < -0.3 is 29.5 Å². The highest BCUT2D eigenvalue weighted by Crippen LogP contribution is 2.25. The van der Waals surface area contributed by atoms with Gasteiger partial charge in [-0.2, -0.15) is 0 Å². The lowest BCUT2D eigenvalue weighted by Crippen LogP contribution is -2.39. The number of hydrogen-bond acceptors (Lipinski definition) is 10. The van der Waals surface area contributed by atoms with E-state index in [0.717, 1.165) is 30.9 Å². The summed E-state index contributed by atoms with van der Waals surface area (Å²) in [5.41, 5.74) is 2.48. The van der Waals surface area contributed by atoms with Crippen LogP contribution in [0.2, 0.25) is 10.0 Å². The third-order valence-electron chi connectivity index (χ3n) is 9.66. The van der Waals surface area contributed by atoms with Crippen LogP contribution in [0.4, 0.5) is 0 Å². The molecule has 0 saturated carbocycles. The third-order valence-corrected chi connectivity index (χ3v) is 10.3. The maximum absolute atomic E-state index is 13.1. The number of aromatic nitrogens is 10. The molecule has 20 heteroatoms. The fourth-order valence-electron chi connectivity index (χ4n) is 6.77. The van der Waals surface area contributed by atoms with Gasteiger partial charge in [-0.3, -0.25) is 27.9 Å². The molecule has 0 saturated heterocycles. The second kappa shape index (κ2) is 14.2. The van der Waals surface area contributed by atoms with Crippen LogP contribution in [0.15, 0.2) is 78.0 Å². The maximum Gasteiger partial charge on any atom is 0.332 e. The van der Waals surface area contributed by atoms with Crippen molar-refractivity contribution in [1.82, 2.24) is 47.3 Å². The molecule has 0 bridgehead atoms. The summed E-state index contributed by atoms with van der Waals surface area (Å²) in [6.45, 7) is 3.23. The molecule has 8 aromatic rings. The largest absolute Gasteiger partial charge is 0.411 e. The highest BCUT2D eigenvalue weighted by Gasteiger charge is 2.22. The highest BCUT2D eigenvalue weighted by atomic mass is 35.5. The number of H-pyrrole nitrogens is 2. The number of aromatic amines is 2. The summed E-state index contributed by atoms with van der Waals surface area (Å²) >= 11 is 12.4. The zero-order valence-corrected chi connectivity index (χ0v) is 32.3. The summed E-state index contributed by atoms with van der Waals surface area (Å²) in [6, 6.07) is 14.6. The number of fused-ring (bicyclic) bond motifs is 4. The molecular formula is C36H34Cl2N12O6. The lowest BCUT2D eigenvalue weighted by atomic mass is 10.2. The monoisotopic (exact) mass is 800 g/mol. The van der Waals surface area contributed by atoms with Gasteiger partial charge in [-0.1, -0.05) is 45.6 Å². The Morgan fingerprint density at radius 1 is 0.643 bits per heavy atom. The molecule has 0 amide bonds. The van der Waals surface area contributed by atoms with E-state index in [0.29, 0.717) is 33.1 Å². The average molecular weight is 802 g/mol. The Bertz CT molecular complexity index is 2990. The summed E-state index contributed by atoms with van der Waals surface area (Å²) in [7, 11) is 6.37. The molecule has 288 valence electrons. The Morgan fingerprint density at radius 3 is 1.36 bits per heavy atom. The summed E-state index contributed by atoms with van der Waals surface area (Å²) < 4.78 is 7.92. The van der Waals surface area contributed by atoms with Crippen molar-refractivity contribution in [2.75, 3.05) is 0 Å². The first kappa shape index (κ1) is 37.6. The minimum Gasteiger partial charge on any atom is -0.411 e. The van der Waals surface area contributed by atoms with Crippen LogP contribution in [-0.2, 0) is 41.3 Å². The van der Waals surface area contributed by atoms with Crippen molar-refractivity contribution < 1.29 is 10.4 Å². The van der Waals surface area contributed by atoms with E-state index in [1.54, 1.807) is 54.2 Å². The van der Waals surface area contributed by atoms with Crippen LogP contribution in [0.25, 0.3) is 44.1 Å². The molecule has 0 radical (unpaired) electrons. The summed E-state index contributed by atoms with van der Waals surface area (Å²) in [4.78, 5) is 66.7. The van der Waals surface area contributed by atoms with Gasteiger partial charge in [0.1, 0.15) is 11.4 Å². The number of aryl methyl sites for hydroxylation is 4. The summed E-state index contributed by atoms with van der Waals surface area (Å²) in [6.07, 6.45) is 0. The van der Waals surface area contributed by atoms with Gasteiger partial charge in [-0.25, -0.2) is 19.6 Å². The standard InChI is InChI=1S/2C18H17ClN6O3/c2*1-9(22-28)15-21-16-14(23(15)2)17(26)25(18(27)24(16)3)8-10-7-11-12(19)5-4-6-13(11)20-10/h2*4-7,20,28H,8H2,1-3H3/b22-9+;22-9-. The average Bonchev–Trinajstić information content (AvgIpc) is 3.97. The van der Waals surface area contributed by atoms with Crippen LogP contribution in [-0.4, -0.2) is 69.2 Å². The van der Waals surface area contributed by atoms with E-state index in [9.17, 15) is 19.2 Å². The van der Waals surface area contributed by atoms with E-state index in [4.69, 9.17) is 33.6 Å². The quantitative estimate of drug-likeness (QED) is 0.110. The molecule has 0 aliphatic rings. The molecule has 8 rings (SSSR count). The lowest BCUT2D eigenvalue weighted by molar-refractivity contribution is 0.318. The normalized spacial score (nSPS) is 12.4. The van der Waals surface area contributed by atoms with E-state index in [2.05, 4.69) is 30.2 Å². The Labute approximate surface area is 324 Å². The fraction of sp³-hybridized carbons (Fsp3) is 0.222. The van der Waals surface area contributed by atoms with Gasteiger partial charge in [0.25, 0.3) is 11.1 Å². The maximum atomic E-state index is 13.1. The Hall–Kier alpha value is -6.66. The van der Waals surface area contributed by atoms with E-state index in [1.165, 1.54) is 18.3 Å². The first-order valence-corrected chi connectivity index (χ1v) is 17.6. The van der Waals surface area contributed by atoms with Crippen LogP contribution in [0.5, 0.6) is 0 Å². The van der Waals surface area contributed by atoms with Gasteiger partial charge in [0.2, 0.25) is 0 Å². The van der Waals surface area contributed by atoms with Crippen molar-refractivity contribution in [1.29, 1.82) is 0 Å². The van der Waals surface area contributed by atoms with Crippen molar-refractivity contribution in [3.63, 3.8) is 0 Å². The first-order valence-electron chi connectivity index (χ1n) is 16.9. The Balaban J connectivity index is 0.000000172. The van der Waals surface area contributed by atoms with E-state index >= 15 is 0 Å². The van der Waals surface area contributed by atoms with Crippen molar-refractivity contribution in [2.45, 2.75) is 26.9 Å². The molecule has 56 heavy (non-hydrogen) atoms. The number of rotatable bonds is 6. The molecule has 0 spiro atoms. The number of imidazole rings is 2. The zero-order valence-electron chi connectivity index (χ0n) is 30.8. The summed E-state index contributed by atoms with van der Waals surface area (Å²) in [5.74, 6) is 0.611. The molecular weight excluding hydrogens is 767 g/mol. The van der Waals surface area contributed by atoms with Crippen LogP contribution < -0.4 is 22.5 Å². The SMILES string of the molecule is C/C(=N/O)c1nc2c(c(=O)n(Cc3cc4c(Cl)cccc4[nH]3)c(=O)n2C)n1C.C/C(=N\O)c1nc2c(c(=O)n(Cc3cc4c(Cl)cccc4[nH]3)c(=O)n2C)n1C. The third kappa shape index (κ3) is 6.08. The lowest BCUT2D eigenvalue weighted by Gasteiger charge is -2.07. The van der Waals surface area contributed by atoms with Crippen LogP contribution >= 0.6 is 23.2 Å². The van der Waals surface area contributed by atoms with Gasteiger partial charge in [-0.15, -0.1) is 0 Å². The number of oxime groups is 2. The van der Waals surface area contributed by atoms with Crippen molar-refractivity contribution in [3.8, 4) is 0 Å². The molecule has 6 heterocycles. The van der Waals surface area contributed by atoms with Crippen LogP contribution in [0.3, 0.4) is 0 Å². The number of nitrogens with zero attached hydrogens (tertiary/aromatic N) is 10. The van der Waals surface area contributed by atoms with Crippen molar-refractivity contribution >= 4 is 78.8 Å². The van der Waals surface area contributed by atoms with Gasteiger partial charge in [0.05, 0.1) is 13.1 Å². The van der Waals surface area contributed by atoms with Crippen LogP contribution in [0, 0.1) is 0 Å². The highest BCUT2D eigenvalue weighted by molar-refractivity contribution is 6.35. The Morgan fingerprint density at radius 2 is 1.02 bits per heavy atom. The second-order valence-electron chi connectivity index (χ2n) is 13.2. The first-order chi connectivity index (χ1) is 26.7. The molecule has 18 nitrogen and oxygen atoms in total. The van der Waals surface area contributed by atoms with E-state index in [-0.39, 0.29) is 46.8 Å². The number of nitrogens with one attached hydrogen (secondary N) is 2. The van der Waals surface area contributed by atoms with E-state index < -0.39 is 22.5 Å². The van der Waals surface area contributed by atoms with Gasteiger partial charge >= 0.3 is 11.4 Å². The van der Waals surface area contributed by atoms with E-state index in [1.807, 2.05) is 36.4 Å². The minimum absolute atomic E-state index is 0.0556. The minimum atomic E-state index is -0.495. The number of halogens is 2. The molecule has 0 aliphatic heterocycles. The van der Waals surface area contributed by atoms with Gasteiger partial charge in [0.15, 0.2) is 34.0 Å². The van der Waals surface area contributed by atoms with Crippen molar-refractivity contribution in [2.24, 2.45) is 38.5 Å². The number of hydrogen-bond donors (Lipinski definition) is 4. The van der Waals surface area contributed by atoms with Crippen molar-refractivity contribution in [3.05, 3.63) is 123 Å². The molecule has 0 unspecified atom stereocenters. The molecule has 6 aromatic heterocycles. The molecule has 0 fully saturated rings. The predicted octanol–water partition coefficient (Wildman–Crippen LogP) is 3.63. The molecule has 2 aromatic carbocycles. The molecule has 4 N–H and O–H groups in total. The predicted molar refractivity (Wildman–Crippen MR) is 213 cm³/mol. The topological polar surface area (TPSA) is 220 Å². The zero-order chi connectivity index (χ0) is 40.3. The van der Waals surface area contributed by atoms with Crippen LogP contribution in [0.1, 0.15) is 36.9 Å². The van der Waals surface area contributed by atoms with Gasteiger partial charge in [0, 0.05) is 71.4 Å². The summed E-state index contributed by atoms with van der Waals surface area (Å²) in [5, 5.41) is 27.2. The Kier molecular flexibility index (Phi) is 9.55. The fourth-order valence-corrected chi connectivity index (χ4v) is 7.22. The smallest absolute Gasteiger partial charge is 0.332 e. The molecule has 0 atom stereocenters. The second-order valence-corrected chi connectivity index (χ2v) is 14.0. The number of benzene rings is 2. The molecule has 0 aliphatic carbocycles.